The summed E-state index contributed by atoms with van der Waals surface area (Å²) in [7, 11) is 1.47. The van der Waals surface area contributed by atoms with Crippen LogP contribution in [0.25, 0.3) is 0 Å². The third-order valence-corrected chi connectivity index (χ3v) is 5.49. The third kappa shape index (κ3) is 5.07. The minimum absolute atomic E-state index is 0.0912. The van der Waals surface area contributed by atoms with E-state index in [1.165, 1.54) is 30.8 Å². The van der Waals surface area contributed by atoms with Crippen LogP contribution in [0.3, 0.4) is 0 Å². The zero-order valence-corrected chi connectivity index (χ0v) is 17.4. The summed E-state index contributed by atoms with van der Waals surface area (Å²) in [5.41, 5.74) is 6.77. The average Bonchev–Trinajstić information content (AvgIpc) is 3.02. The lowest BCUT2D eigenvalue weighted by molar-refractivity contribution is 0.0995. The highest BCUT2D eigenvalue weighted by Crippen LogP contribution is 2.22. The number of primary amides is 1. The topological polar surface area (TPSA) is 86.7 Å². The fourth-order valence-electron chi connectivity index (χ4n) is 2.52. The van der Waals surface area contributed by atoms with Crippen molar-refractivity contribution in [2.45, 2.75) is 52.5 Å². The number of unbranched alkanes of at least 4 members (excludes halogenated alkanes) is 1. The molecule has 2 rings (SSSR count). The number of aryl methyl sites for hydroxylation is 1. The number of benzene rings is 1. The summed E-state index contributed by atoms with van der Waals surface area (Å²) in [6.07, 6.45) is 5.02. The summed E-state index contributed by atoms with van der Waals surface area (Å²) in [5.74, 6) is -0.684. The van der Waals surface area contributed by atoms with E-state index in [2.05, 4.69) is 42.8 Å². The molecule has 2 aromatic rings. The number of amides is 2. The van der Waals surface area contributed by atoms with Gasteiger partial charge >= 0.3 is 0 Å². The van der Waals surface area contributed by atoms with Gasteiger partial charge in [-0.15, -0.1) is 0 Å². The summed E-state index contributed by atoms with van der Waals surface area (Å²) in [4.78, 5) is 28.7. The van der Waals surface area contributed by atoms with Crippen molar-refractivity contribution in [3.8, 4) is 5.75 Å². The molecule has 0 atom stereocenters. The Hall–Kier alpha value is -2.41. The van der Waals surface area contributed by atoms with Crippen LogP contribution in [0.4, 0.5) is 0 Å². The van der Waals surface area contributed by atoms with Gasteiger partial charge in [0.2, 0.25) is 5.91 Å². The van der Waals surface area contributed by atoms with Crippen molar-refractivity contribution in [2.75, 3.05) is 7.11 Å². The van der Waals surface area contributed by atoms with Crippen LogP contribution < -0.4 is 15.1 Å². The first-order valence-electron chi connectivity index (χ1n) is 8.96. The van der Waals surface area contributed by atoms with E-state index in [4.69, 9.17) is 10.5 Å². The van der Waals surface area contributed by atoms with E-state index in [9.17, 15) is 9.59 Å². The van der Waals surface area contributed by atoms with Crippen LogP contribution in [0.5, 0.6) is 5.75 Å². The van der Waals surface area contributed by atoms with Gasteiger partial charge in [-0.25, -0.2) is 0 Å². The smallest absolute Gasteiger partial charge is 0.282 e. The standard InChI is InChI=1S/C20H27N3O3S/c1-6-7-8-14-12-23(20(2,3)4)27-19(14)22-18(25)15-11-13(17(21)24)9-10-16(15)26-5/h9-12H,6-8H2,1-5H3,(H2,21,24)/b22-19-. The maximum Gasteiger partial charge on any atom is 0.282 e. The second kappa shape index (κ2) is 8.52. The van der Waals surface area contributed by atoms with Crippen molar-refractivity contribution in [3.63, 3.8) is 0 Å². The highest BCUT2D eigenvalue weighted by atomic mass is 32.1. The molecule has 6 nitrogen and oxygen atoms in total. The summed E-state index contributed by atoms with van der Waals surface area (Å²) in [5, 5.41) is 0. The van der Waals surface area contributed by atoms with Crippen molar-refractivity contribution < 1.29 is 14.3 Å². The van der Waals surface area contributed by atoms with E-state index in [1.807, 2.05) is 0 Å². The Labute approximate surface area is 163 Å². The zero-order chi connectivity index (χ0) is 20.2. The lowest BCUT2D eigenvalue weighted by Gasteiger charge is -2.19. The quantitative estimate of drug-likeness (QED) is 0.820. The molecule has 0 saturated heterocycles. The molecule has 146 valence electrons. The van der Waals surface area contributed by atoms with Crippen LogP contribution >= 0.6 is 11.5 Å². The van der Waals surface area contributed by atoms with Crippen LogP contribution in [0.2, 0.25) is 0 Å². The predicted octanol–water partition coefficient (Wildman–Crippen LogP) is 3.50. The van der Waals surface area contributed by atoms with Gasteiger partial charge in [0.25, 0.3) is 5.91 Å². The number of methoxy groups -OCH3 is 1. The molecule has 1 aromatic heterocycles. The Morgan fingerprint density at radius 3 is 2.56 bits per heavy atom. The predicted molar refractivity (Wildman–Crippen MR) is 107 cm³/mol. The van der Waals surface area contributed by atoms with Gasteiger partial charge in [0, 0.05) is 22.9 Å². The molecule has 0 aliphatic heterocycles. The number of carbonyl (C=O) groups excluding carboxylic acids is 2. The van der Waals surface area contributed by atoms with Crippen LogP contribution in [0.15, 0.2) is 29.4 Å². The molecule has 0 unspecified atom stereocenters. The second-order valence-corrected chi connectivity index (χ2v) is 8.31. The minimum atomic E-state index is -0.600. The van der Waals surface area contributed by atoms with E-state index < -0.39 is 11.8 Å². The molecule has 2 N–H and O–H groups in total. The van der Waals surface area contributed by atoms with Gasteiger partial charge < -0.3 is 10.5 Å². The number of aromatic nitrogens is 1. The first-order valence-corrected chi connectivity index (χ1v) is 9.74. The molecule has 0 spiro atoms. The Kier molecular flexibility index (Phi) is 6.59. The molecule has 1 heterocycles. The van der Waals surface area contributed by atoms with Crippen LogP contribution in [-0.4, -0.2) is 22.9 Å². The molecule has 0 aliphatic carbocycles. The van der Waals surface area contributed by atoms with Crippen molar-refractivity contribution in [1.29, 1.82) is 0 Å². The first-order chi connectivity index (χ1) is 12.7. The Morgan fingerprint density at radius 2 is 2.00 bits per heavy atom. The van der Waals surface area contributed by atoms with Gasteiger partial charge in [-0.3, -0.25) is 13.5 Å². The van der Waals surface area contributed by atoms with Crippen molar-refractivity contribution in [1.82, 2.24) is 3.96 Å². The zero-order valence-electron chi connectivity index (χ0n) is 16.5. The monoisotopic (exact) mass is 389 g/mol. The van der Waals surface area contributed by atoms with Gasteiger partial charge in [0.15, 0.2) is 0 Å². The molecule has 27 heavy (non-hydrogen) atoms. The van der Waals surface area contributed by atoms with Crippen LogP contribution in [0.1, 0.15) is 66.8 Å². The molecule has 0 radical (unpaired) electrons. The van der Waals surface area contributed by atoms with Crippen LogP contribution in [-0.2, 0) is 12.0 Å². The maximum absolute atomic E-state index is 12.9. The lowest BCUT2D eigenvalue weighted by atomic mass is 10.1. The molecule has 0 bridgehead atoms. The Morgan fingerprint density at radius 1 is 1.30 bits per heavy atom. The van der Waals surface area contributed by atoms with Crippen molar-refractivity contribution in [2.24, 2.45) is 10.7 Å². The maximum atomic E-state index is 12.9. The highest BCUT2D eigenvalue weighted by molar-refractivity contribution is 7.04. The Bertz CT molecular complexity index is 904. The number of rotatable bonds is 6. The molecule has 0 saturated carbocycles. The SMILES string of the molecule is CCCCc1cn(C(C)(C)C)s/c1=N\C(=O)c1cc(C(N)=O)ccc1OC. The van der Waals surface area contributed by atoms with E-state index in [1.54, 1.807) is 6.07 Å². The summed E-state index contributed by atoms with van der Waals surface area (Å²) >= 11 is 1.46. The molecular weight excluding hydrogens is 362 g/mol. The van der Waals surface area contributed by atoms with E-state index in [0.717, 1.165) is 24.8 Å². The van der Waals surface area contributed by atoms with E-state index in [-0.39, 0.29) is 16.7 Å². The molecule has 1 aromatic carbocycles. The number of ether oxygens (including phenoxy) is 1. The number of nitrogens with zero attached hydrogens (tertiary/aromatic N) is 2. The minimum Gasteiger partial charge on any atom is -0.496 e. The molecular formula is C20H27N3O3S. The van der Waals surface area contributed by atoms with Gasteiger partial charge in [0.05, 0.1) is 12.7 Å². The van der Waals surface area contributed by atoms with Gasteiger partial charge in [-0.1, -0.05) is 13.3 Å². The Balaban J connectivity index is 2.54. The fraction of sp³-hybridized carbons (Fsp3) is 0.450. The summed E-state index contributed by atoms with van der Waals surface area (Å²) in [6, 6.07) is 4.53. The largest absolute Gasteiger partial charge is 0.496 e. The number of carbonyl (C=O) groups is 2. The third-order valence-electron chi connectivity index (χ3n) is 4.11. The second-order valence-electron chi connectivity index (χ2n) is 7.35. The normalized spacial score (nSPS) is 12.3. The van der Waals surface area contributed by atoms with Crippen molar-refractivity contribution >= 4 is 23.3 Å². The summed E-state index contributed by atoms with van der Waals surface area (Å²) < 4.78 is 8.06. The molecule has 7 heteroatoms. The fourth-order valence-corrected chi connectivity index (χ4v) is 3.55. The van der Waals surface area contributed by atoms with Crippen molar-refractivity contribution in [3.05, 3.63) is 45.8 Å². The highest BCUT2D eigenvalue weighted by Gasteiger charge is 2.18. The van der Waals surface area contributed by atoms with E-state index >= 15 is 0 Å². The van der Waals surface area contributed by atoms with E-state index in [0.29, 0.717) is 10.4 Å². The molecule has 2 amide bonds. The molecule has 0 aliphatic rings. The summed E-state index contributed by atoms with van der Waals surface area (Å²) in [6.45, 7) is 8.46. The van der Waals surface area contributed by atoms with Gasteiger partial charge in [-0.2, -0.15) is 4.99 Å². The lowest BCUT2D eigenvalue weighted by Crippen LogP contribution is -2.18. The first kappa shape index (κ1) is 20.9. The number of hydrogen-bond acceptors (Lipinski definition) is 4. The number of nitrogens with two attached hydrogens (primary N) is 1. The van der Waals surface area contributed by atoms with Crippen LogP contribution in [0, 0.1) is 0 Å². The van der Waals surface area contributed by atoms with Gasteiger partial charge in [-0.05, 0) is 63.3 Å². The average molecular weight is 390 g/mol. The van der Waals surface area contributed by atoms with Gasteiger partial charge in [0.1, 0.15) is 10.4 Å². The molecule has 0 fully saturated rings. The number of hydrogen-bond donors (Lipinski definition) is 1.